The molecule has 0 aliphatic rings. The molecule has 1 unspecified atom stereocenters. The van der Waals surface area contributed by atoms with Crippen molar-refractivity contribution in [2.75, 3.05) is 0 Å². The van der Waals surface area contributed by atoms with Crippen LogP contribution in [0, 0.1) is 27.7 Å². The molecule has 0 heterocycles. The van der Waals surface area contributed by atoms with Gasteiger partial charge in [0.25, 0.3) is 0 Å². The van der Waals surface area contributed by atoms with Crippen LogP contribution < -0.4 is 0 Å². The highest BCUT2D eigenvalue weighted by Crippen LogP contribution is 2.30. The van der Waals surface area contributed by atoms with Gasteiger partial charge in [-0.25, -0.2) is 0 Å². The first-order valence-corrected chi connectivity index (χ1v) is 6.31. The van der Waals surface area contributed by atoms with E-state index in [-0.39, 0.29) is 6.42 Å². The van der Waals surface area contributed by atoms with E-state index in [2.05, 4.69) is 6.07 Å². The Morgan fingerprint density at radius 1 is 1.17 bits per heavy atom. The third-order valence-electron chi connectivity index (χ3n) is 3.63. The minimum atomic E-state index is -0.809. The van der Waals surface area contributed by atoms with Gasteiger partial charge in [-0.1, -0.05) is 6.07 Å². The maximum atomic E-state index is 10.5. The fourth-order valence-corrected chi connectivity index (χ4v) is 2.34. The third kappa shape index (κ3) is 3.33. The normalized spacial score (nSPS) is 12.5. The molecule has 0 aliphatic heterocycles. The van der Waals surface area contributed by atoms with Crippen LogP contribution >= 0.6 is 0 Å². The molecule has 0 spiro atoms. The Kier molecular flexibility index (Phi) is 4.91. The zero-order chi connectivity index (χ0) is 13.9. The van der Waals surface area contributed by atoms with Crippen molar-refractivity contribution >= 4 is 5.97 Å². The Morgan fingerprint density at radius 2 is 1.67 bits per heavy atom. The van der Waals surface area contributed by atoms with E-state index in [1.54, 1.807) is 0 Å². The van der Waals surface area contributed by atoms with Crippen LogP contribution in [-0.2, 0) is 4.79 Å². The number of carbonyl (C=O) groups is 1. The summed E-state index contributed by atoms with van der Waals surface area (Å²) in [5.41, 5.74) is 5.54. The van der Waals surface area contributed by atoms with Crippen LogP contribution in [-0.4, -0.2) is 16.2 Å². The van der Waals surface area contributed by atoms with Crippen molar-refractivity contribution in [2.45, 2.75) is 53.1 Å². The van der Waals surface area contributed by atoms with Gasteiger partial charge in [0.1, 0.15) is 0 Å². The van der Waals surface area contributed by atoms with Gasteiger partial charge < -0.3 is 10.2 Å². The molecular weight excluding hydrogens is 228 g/mol. The van der Waals surface area contributed by atoms with Gasteiger partial charge in [0.2, 0.25) is 0 Å². The highest BCUT2D eigenvalue weighted by atomic mass is 16.4. The fourth-order valence-electron chi connectivity index (χ4n) is 2.34. The summed E-state index contributed by atoms with van der Waals surface area (Å²) in [5, 5.41) is 18.9. The lowest BCUT2D eigenvalue weighted by Crippen LogP contribution is -2.07. The van der Waals surface area contributed by atoms with Crippen LogP contribution in [0.1, 0.15) is 53.2 Å². The van der Waals surface area contributed by atoms with Crippen molar-refractivity contribution < 1.29 is 15.0 Å². The average Bonchev–Trinajstić information content (AvgIpc) is 2.26. The van der Waals surface area contributed by atoms with Crippen LogP contribution in [0.25, 0.3) is 0 Å². The second kappa shape index (κ2) is 6.01. The van der Waals surface area contributed by atoms with E-state index in [0.717, 1.165) is 16.7 Å². The number of carboxylic acids is 1. The highest BCUT2D eigenvalue weighted by molar-refractivity contribution is 5.66. The number of aryl methyl sites for hydroxylation is 2. The van der Waals surface area contributed by atoms with Gasteiger partial charge in [-0.2, -0.15) is 0 Å². The topological polar surface area (TPSA) is 57.5 Å². The van der Waals surface area contributed by atoms with E-state index in [1.807, 2.05) is 27.7 Å². The van der Waals surface area contributed by atoms with Gasteiger partial charge in [0, 0.05) is 6.42 Å². The molecule has 0 fully saturated rings. The van der Waals surface area contributed by atoms with Crippen molar-refractivity contribution in [3.05, 3.63) is 33.9 Å². The average molecular weight is 250 g/mol. The Hall–Kier alpha value is -1.35. The zero-order valence-electron chi connectivity index (χ0n) is 11.6. The monoisotopic (exact) mass is 250 g/mol. The van der Waals surface area contributed by atoms with Crippen LogP contribution in [0.5, 0.6) is 0 Å². The lowest BCUT2D eigenvalue weighted by Gasteiger charge is -2.20. The molecule has 1 aromatic rings. The first-order valence-electron chi connectivity index (χ1n) is 6.31. The summed E-state index contributed by atoms with van der Waals surface area (Å²) < 4.78 is 0. The summed E-state index contributed by atoms with van der Waals surface area (Å²) in [5.74, 6) is -0.809. The minimum absolute atomic E-state index is 0.111. The molecule has 1 atom stereocenters. The maximum Gasteiger partial charge on any atom is 0.303 e. The van der Waals surface area contributed by atoms with Crippen molar-refractivity contribution in [1.29, 1.82) is 0 Å². The van der Waals surface area contributed by atoms with E-state index in [0.29, 0.717) is 12.8 Å². The molecule has 0 saturated carbocycles. The van der Waals surface area contributed by atoms with E-state index >= 15 is 0 Å². The molecular formula is C15H22O3. The minimum Gasteiger partial charge on any atom is -0.481 e. The van der Waals surface area contributed by atoms with Gasteiger partial charge in [0.15, 0.2) is 0 Å². The number of benzene rings is 1. The van der Waals surface area contributed by atoms with Gasteiger partial charge in [-0.3, -0.25) is 4.79 Å². The smallest absolute Gasteiger partial charge is 0.303 e. The van der Waals surface area contributed by atoms with E-state index in [9.17, 15) is 9.90 Å². The molecule has 1 rings (SSSR count). The van der Waals surface area contributed by atoms with E-state index < -0.39 is 12.1 Å². The summed E-state index contributed by atoms with van der Waals surface area (Å²) >= 11 is 0. The molecule has 1 aromatic carbocycles. The molecule has 3 nitrogen and oxygen atoms in total. The zero-order valence-corrected chi connectivity index (χ0v) is 11.6. The Labute approximate surface area is 108 Å². The van der Waals surface area contributed by atoms with E-state index in [4.69, 9.17) is 5.11 Å². The molecule has 0 radical (unpaired) electrons. The summed E-state index contributed by atoms with van der Waals surface area (Å²) in [6.45, 7) is 8.10. The lowest BCUT2D eigenvalue weighted by atomic mass is 9.89. The van der Waals surface area contributed by atoms with Crippen molar-refractivity contribution in [3.63, 3.8) is 0 Å². The molecule has 2 N–H and O–H groups in total. The lowest BCUT2D eigenvalue weighted by molar-refractivity contribution is -0.137. The van der Waals surface area contributed by atoms with Crippen molar-refractivity contribution in [2.24, 2.45) is 0 Å². The molecule has 0 aromatic heterocycles. The first-order chi connectivity index (χ1) is 8.34. The molecule has 3 heteroatoms. The highest BCUT2D eigenvalue weighted by Gasteiger charge is 2.16. The van der Waals surface area contributed by atoms with Crippen LogP contribution in [0.4, 0.5) is 0 Å². The number of rotatable bonds is 5. The second-order valence-electron chi connectivity index (χ2n) is 4.98. The van der Waals surface area contributed by atoms with Crippen LogP contribution in [0.15, 0.2) is 6.07 Å². The van der Waals surface area contributed by atoms with Gasteiger partial charge >= 0.3 is 5.97 Å². The molecule has 0 aliphatic carbocycles. The molecule has 0 bridgehead atoms. The molecule has 18 heavy (non-hydrogen) atoms. The van der Waals surface area contributed by atoms with Gasteiger partial charge in [0.05, 0.1) is 6.10 Å². The molecule has 0 saturated heterocycles. The number of aliphatic carboxylic acids is 1. The number of hydrogen-bond acceptors (Lipinski definition) is 2. The predicted molar refractivity (Wildman–Crippen MR) is 71.8 cm³/mol. The standard InChI is InChI=1S/C15H22O3/c1-9-8-10(2)12(4)15(11(9)3)13(16)6-5-7-14(17)18/h8,13,16H,5-7H2,1-4H3,(H,17,18). The maximum absolute atomic E-state index is 10.5. The summed E-state index contributed by atoms with van der Waals surface area (Å²) in [6.07, 6.45) is 0.544. The van der Waals surface area contributed by atoms with Gasteiger partial charge in [-0.15, -0.1) is 0 Å². The van der Waals surface area contributed by atoms with Crippen LogP contribution in [0.2, 0.25) is 0 Å². The second-order valence-corrected chi connectivity index (χ2v) is 4.98. The predicted octanol–water partition coefficient (Wildman–Crippen LogP) is 3.21. The third-order valence-corrected chi connectivity index (χ3v) is 3.63. The van der Waals surface area contributed by atoms with Crippen LogP contribution in [0.3, 0.4) is 0 Å². The van der Waals surface area contributed by atoms with E-state index in [1.165, 1.54) is 11.1 Å². The summed E-state index contributed by atoms with van der Waals surface area (Å²) in [7, 11) is 0. The Bertz CT molecular complexity index is 423. The quantitative estimate of drug-likeness (QED) is 0.843. The first kappa shape index (κ1) is 14.7. The SMILES string of the molecule is Cc1cc(C)c(C)c(C(O)CCCC(=O)O)c1C. The fraction of sp³-hybridized carbons (Fsp3) is 0.533. The summed E-state index contributed by atoms with van der Waals surface area (Å²) in [6, 6.07) is 2.12. The summed E-state index contributed by atoms with van der Waals surface area (Å²) in [4.78, 5) is 10.5. The number of hydrogen-bond donors (Lipinski definition) is 2. The number of carboxylic acid groups (broad SMARTS) is 1. The van der Waals surface area contributed by atoms with Crippen molar-refractivity contribution in [3.8, 4) is 0 Å². The largest absolute Gasteiger partial charge is 0.481 e. The van der Waals surface area contributed by atoms with Crippen molar-refractivity contribution in [1.82, 2.24) is 0 Å². The number of aliphatic hydroxyl groups excluding tert-OH is 1. The number of aliphatic hydroxyl groups is 1. The Morgan fingerprint density at radius 3 is 2.11 bits per heavy atom. The molecule has 0 amide bonds. The Balaban J connectivity index is 2.91. The van der Waals surface area contributed by atoms with Gasteiger partial charge in [-0.05, 0) is 68.4 Å². The molecule has 100 valence electrons.